The van der Waals surface area contributed by atoms with E-state index >= 15 is 0 Å². The predicted molar refractivity (Wildman–Crippen MR) is 240 cm³/mol. The van der Waals surface area contributed by atoms with Crippen LogP contribution in [0.3, 0.4) is 0 Å². The monoisotopic (exact) mass is 742 g/mol. The first-order valence-corrected chi connectivity index (χ1v) is 20.3. The van der Waals surface area contributed by atoms with Crippen molar-refractivity contribution in [2.24, 2.45) is 4.99 Å². The third-order valence-electron chi connectivity index (χ3n) is 11.2. The van der Waals surface area contributed by atoms with Gasteiger partial charge in [0.15, 0.2) is 0 Å². The van der Waals surface area contributed by atoms with Crippen LogP contribution in [0.25, 0.3) is 80.7 Å². The van der Waals surface area contributed by atoms with Gasteiger partial charge in [0.05, 0.1) is 17.7 Å². The van der Waals surface area contributed by atoms with Crippen molar-refractivity contribution < 1.29 is 0 Å². The molecule has 0 unspecified atom stereocenters. The molecule has 1 aliphatic rings. The molecule has 6 heteroatoms. The highest BCUT2D eigenvalue weighted by Gasteiger charge is 2.23. The maximum atomic E-state index is 9.62. The molecule has 7 aromatic carbocycles. The number of rotatable bonds is 6. The largest absolute Gasteiger partial charge is 0.354 e. The number of nitrogens with zero attached hydrogens (tertiary/aromatic N) is 1. The summed E-state index contributed by atoms with van der Waals surface area (Å²) in [6.45, 7) is 2.27. The van der Waals surface area contributed by atoms with Crippen LogP contribution in [0.4, 0.5) is 10.7 Å². The topological polar surface area (TPSA) is 64.0 Å². The van der Waals surface area contributed by atoms with Gasteiger partial charge in [-0.05, 0) is 94.6 Å². The molecule has 0 fully saturated rings. The van der Waals surface area contributed by atoms with Crippen molar-refractivity contribution in [3.63, 3.8) is 0 Å². The van der Waals surface area contributed by atoms with E-state index in [2.05, 4.69) is 151 Å². The molecule has 4 nitrogen and oxygen atoms in total. The van der Waals surface area contributed by atoms with Gasteiger partial charge < -0.3 is 10.3 Å². The number of aromatic amines is 1. The van der Waals surface area contributed by atoms with E-state index in [9.17, 15) is 5.41 Å². The molecule has 55 heavy (non-hydrogen) atoms. The molecule has 10 aromatic rings. The normalized spacial score (nSPS) is 13.0. The van der Waals surface area contributed by atoms with Crippen LogP contribution < -0.4 is 5.32 Å². The maximum absolute atomic E-state index is 9.62. The number of aryl methyl sites for hydroxylation is 1. The Morgan fingerprint density at radius 1 is 0.709 bits per heavy atom. The third kappa shape index (κ3) is 5.09. The van der Waals surface area contributed by atoms with Crippen LogP contribution in [0, 0.1) is 12.3 Å². The first-order valence-electron chi connectivity index (χ1n) is 18.7. The Kier molecular flexibility index (Phi) is 7.37. The molecule has 0 aliphatic heterocycles. The molecule has 3 aromatic heterocycles. The van der Waals surface area contributed by atoms with E-state index in [1.54, 1.807) is 11.3 Å². The Bertz CT molecular complexity index is 3270. The summed E-state index contributed by atoms with van der Waals surface area (Å²) in [6, 6.07) is 45.3. The fraction of sp³-hybridized carbons (Fsp3) is 0.0612. The van der Waals surface area contributed by atoms with Crippen LogP contribution in [0.5, 0.6) is 0 Å². The molecule has 3 heterocycles. The number of nitrogens with one attached hydrogen (secondary N) is 3. The van der Waals surface area contributed by atoms with Gasteiger partial charge in [0, 0.05) is 63.4 Å². The zero-order valence-corrected chi connectivity index (χ0v) is 31.7. The molecule has 262 valence electrons. The highest BCUT2D eigenvalue weighted by molar-refractivity contribution is 7.26. The van der Waals surface area contributed by atoms with Gasteiger partial charge in [-0.3, -0.25) is 5.41 Å². The van der Waals surface area contributed by atoms with E-state index in [1.165, 1.54) is 68.5 Å². The van der Waals surface area contributed by atoms with Crippen LogP contribution >= 0.6 is 22.7 Å². The van der Waals surface area contributed by atoms with Crippen LogP contribution in [0.15, 0.2) is 138 Å². The SMILES string of the molecule is Cc1c2c(cc3ccc4cc5sc6ccccc6c5c(N/C=N/c5sc6c(c5C(=N)c5cccc(-c7ccccc7)c5)CCC=C6)c4c13)[nH]c1ccccc12. The number of benzene rings is 7. The minimum Gasteiger partial charge on any atom is -0.354 e. The summed E-state index contributed by atoms with van der Waals surface area (Å²) in [5.74, 6) is 0. The molecular formula is C49H34N4S2. The molecule has 0 bridgehead atoms. The minimum atomic E-state index is 0.512. The Labute approximate surface area is 325 Å². The molecule has 0 saturated heterocycles. The number of hydrogen-bond donors (Lipinski definition) is 3. The summed E-state index contributed by atoms with van der Waals surface area (Å²) in [5, 5.41) is 24.1. The maximum Gasteiger partial charge on any atom is 0.128 e. The first kappa shape index (κ1) is 32.1. The van der Waals surface area contributed by atoms with Gasteiger partial charge in [-0.25, -0.2) is 4.99 Å². The summed E-state index contributed by atoms with van der Waals surface area (Å²) < 4.78 is 2.51. The van der Waals surface area contributed by atoms with Crippen molar-refractivity contribution >= 4 is 115 Å². The number of H-pyrrole nitrogens is 1. The van der Waals surface area contributed by atoms with Crippen molar-refractivity contribution in [3.05, 3.63) is 161 Å². The van der Waals surface area contributed by atoms with E-state index < -0.39 is 0 Å². The van der Waals surface area contributed by atoms with Crippen molar-refractivity contribution in [2.45, 2.75) is 19.8 Å². The Morgan fingerprint density at radius 2 is 1.49 bits per heavy atom. The summed E-state index contributed by atoms with van der Waals surface area (Å²) in [4.78, 5) is 10.1. The average molecular weight is 743 g/mol. The molecule has 3 N–H and O–H groups in total. The summed E-state index contributed by atoms with van der Waals surface area (Å²) in [5.41, 5.74) is 10.4. The number of thiophene rings is 2. The molecular weight excluding hydrogens is 709 g/mol. The van der Waals surface area contributed by atoms with E-state index in [-0.39, 0.29) is 0 Å². The summed E-state index contributed by atoms with van der Waals surface area (Å²) in [7, 11) is 0. The third-order valence-corrected chi connectivity index (χ3v) is 13.4. The Balaban J connectivity index is 1.10. The lowest BCUT2D eigenvalue weighted by Gasteiger charge is -2.15. The molecule has 11 rings (SSSR count). The van der Waals surface area contributed by atoms with Crippen LogP contribution in [-0.2, 0) is 6.42 Å². The van der Waals surface area contributed by atoms with Gasteiger partial charge >= 0.3 is 0 Å². The van der Waals surface area contributed by atoms with Gasteiger partial charge in [-0.1, -0.05) is 103 Å². The second-order valence-electron chi connectivity index (χ2n) is 14.4. The highest BCUT2D eigenvalue weighted by Crippen LogP contribution is 2.47. The predicted octanol–water partition coefficient (Wildman–Crippen LogP) is 14.2. The second kappa shape index (κ2) is 12.6. The van der Waals surface area contributed by atoms with Crippen molar-refractivity contribution in [3.8, 4) is 11.1 Å². The average Bonchev–Trinajstić information content (AvgIpc) is 3.91. The minimum absolute atomic E-state index is 0.512. The lowest BCUT2D eigenvalue weighted by molar-refractivity contribution is 0.992. The molecule has 0 radical (unpaired) electrons. The lowest BCUT2D eigenvalue weighted by Crippen LogP contribution is -2.06. The Morgan fingerprint density at radius 3 is 2.38 bits per heavy atom. The lowest BCUT2D eigenvalue weighted by atomic mass is 9.92. The standard InChI is InChI=1S/C49H34N4S2/c1-28-42-31(25-38-43(28)34-16-5-8-19-37(34)53-38)22-23-32-26-41-45(35-17-6-9-20-39(35)54-41)48(44(32)42)51-27-52-49-46(36-18-7-10-21-40(36)55-49)47(50)33-15-11-14-30(24-33)29-12-3-2-4-13-29/h2-6,8-17,19-27,50,53H,7,18H2,1H3,(H,51,52). The first-order chi connectivity index (χ1) is 27.1. The second-order valence-corrected chi connectivity index (χ2v) is 16.5. The van der Waals surface area contributed by atoms with Crippen LogP contribution in [-0.4, -0.2) is 17.0 Å². The fourth-order valence-corrected chi connectivity index (χ4v) is 11.0. The van der Waals surface area contributed by atoms with Gasteiger partial charge in [0.2, 0.25) is 0 Å². The Hall–Kier alpha value is -6.34. The summed E-state index contributed by atoms with van der Waals surface area (Å²) in [6.07, 6.45) is 8.18. The van der Waals surface area contributed by atoms with Crippen LogP contribution in [0.1, 0.15) is 33.6 Å². The highest BCUT2D eigenvalue weighted by atomic mass is 32.1. The number of fused-ring (bicyclic) bond motifs is 10. The van der Waals surface area contributed by atoms with Gasteiger partial charge in [0.25, 0.3) is 0 Å². The number of aromatic nitrogens is 1. The smallest absolute Gasteiger partial charge is 0.128 e. The molecule has 0 atom stereocenters. The quantitative estimate of drug-likeness (QED) is 0.0886. The van der Waals surface area contributed by atoms with Crippen LogP contribution in [0.2, 0.25) is 0 Å². The number of aliphatic imine (C=N–C) groups is 1. The van der Waals surface area contributed by atoms with E-state index in [0.29, 0.717) is 5.71 Å². The zero-order chi connectivity index (χ0) is 36.6. The van der Waals surface area contributed by atoms with Crippen molar-refractivity contribution in [2.75, 3.05) is 5.32 Å². The zero-order valence-electron chi connectivity index (χ0n) is 30.0. The van der Waals surface area contributed by atoms with Gasteiger partial charge in [-0.2, -0.15) is 0 Å². The molecule has 0 amide bonds. The van der Waals surface area contributed by atoms with Gasteiger partial charge in [-0.15, -0.1) is 22.7 Å². The number of para-hydroxylation sites is 1. The molecule has 0 saturated carbocycles. The molecule has 1 aliphatic carbocycles. The number of allylic oxidation sites excluding steroid dienone is 1. The van der Waals surface area contributed by atoms with Gasteiger partial charge in [0.1, 0.15) is 5.00 Å². The number of hydrogen-bond acceptors (Lipinski definition) is 4. The summed E-state index contributed by atoms with van der Waals surface area (Å²) >= 11 is 3.51. The fourth-order valence-electron chi connectivity index (χ4n) is 8.74. The van der Waals surface area contributed by atoms with E-state index in [0.717, 1.165) is 56.8 Å². The van der Waals surface area contributed by atoms with E-state index in [4.69, 9.17) is 4.99 Å². The number of anilines is 1. The molecule has 0 spiro atoms. The van der Waals surface area contributed by atoms with Crippen molar-refractivity contribution in [1.29, 1.82) is 5.41 Å². The van der Waals surface area contributed by atoms with E-state index in [1.807, 2.05) is 23.7 Å². The van der Waals surface area contributed by atoms with Crippen molar-refractivity contribution in [1.82, 2.24) is 4.98 Å².